The van der Waals surface area contributed by atoms with Crippen molar-refractivity contribution in [2.75, 3.05) is 13.1 Å². The molecular formula is C13H17N3O6. The minimum absolute atomic E-state index is 0.0939. The van der Waals surface area contributed by atoms with Gasteiger partial charge in [-0.3, -0.25) is 28.9 Å². The van der Waals surface area contributed by atoms with Crippen LogP contribution < -0.4 is 10.6 Å². The molecule has 0 saturated carbocycles. The lowest BCUT2D eigenvalue weighted by Gasteiger charge is -2.25. The monoisotopic (exact) mass is 311 g/mol. The molecule has 9 nitrogen and oxygen atoms in total. The molecule has 0 fully saturated rings. The van der Waals surface area contributed by atoms with Gasteiger partial charge in [0.15, 0.2) is 0 Å². The Labute approximate surface area is 126 Å². The van der Waals surface area contributed by atoms with Crippen LogP contribution in [0.3, 0.4) is 0 Å². The van der Waals surface area contributed by atoms with E-state index in [-0.39, 0.29) is 13.0 Å². The standard InChI is InChI=1S/C13H17N3O6/c1-13(2,12(22)14-7-11(20)21)15-8(17)5-6-16-9(18)3-4-10(16)19/h3-4H,5-7H2,1-2H3,(H,14,22)(H,15,17)(H,20,21). The highest BCUT2D eigenvalue weighted by Crippen LogP contribution is 2.06. The SMILES string of the molecule is CC(C)(NC(=O)CCN1C(=O)C=CC1=O)C(=O)NCC(=O)O. The molecule has 1 heterocycles. The molecule has 0 aromatic rings. The number of nitrogens with one attached hydrogen (secondary N) is 2. The van der Waals surface area contributed by atoms with E-state index in [0.29, 0.717) is 0 Å². The van der Waals surface area contributed by atoms with Crippen molar-refractivity contribution in [2.24, 2.45) is 0 Å². The van der Waals surface area contributed by atoms with Gasteiger partial charge in [-0.25, -0.2) is 0 Å². The quantitative estimate of drug-likeness (QED) is 0.485. The fourth-order valence-electron chi connectivity index (χ4n) is 1.71. The molecule has 0 bridgehead atoms. The van der Waals surface area contributed by atoms with Crippen LogP contribution >= 0.6 is 0 Å². The van der Waals surface area contributed by atoms with Crippen LogP contribution in [0.25, 0.3) is 0 Å². The Morgan fingerprint density at radius 1 is 1.18 bits per heavy atom. The van der Waals surface area contributed by atoms with Gasteiger partial charge in [-0.05, 0) is 13.8 Å². The predicted octanol–water partition coefficient (Wildman–Crippen LogP) is -1.60. The Morgan fingerprint density at radius 3 is 2.23 bits per heavy atom. The van der Waals surface area contributed by atoms with E-state index in [9.17, 15) is 24.0 Å². The molecule has 0 saturated heterocycles. The zero-order valence-corrected chi connectivity index (χ0v) is 12.2. The zero-order valence-electron chi connectivity index (χ0n) is 12.2. The maximum Gasteiger partial charge on any atom is 0.322 e. The molecular weight excluding hydrogens is 294 g/mol. The van der Waals surface area contributed by atoms with E-state index in [0.717, 1.165) is 17.1 Å². The van der Waals surface area contributed by atoms with E-state index in [4.69, 9.17) is 5.11 Å². The Kier molecular flexibility index (Phi) is 5.39. The molecule has 0 aromatic carbocycles. The van der Waals surface area contributed by atoms with E-state index in [1.165, 1.54) is 13.8 Å². The molecule has 3 N–H and O–H groups in total. The molecule has 0 spiro atoms. The van der Waals surface area contributed by atoms with E-state index >= 15 is 0 Å². The highest BCUT2D eigenvalue weighted by atomic mass is 16.4. The third-order valence-electron chi connectivity index (χ3n) is 2.88. The molecule has 0 atom stereocenters. The fraction of sp³-hybridized carbons (Fsp3) is 0.462. The first-order valence-electron chi connectivity index (χ1n) is 6.48. The van der Waals surface area contributed by atoms with Crippen molar-refractivity contribution in [1.29, 1.82) is 0 Å². The van der Waals surface area contributed by atoms with Crippen molar-refractivity contribution in [1.82, 2.24) is 15.5 Å². The van der Waals surface area contributed by atoms with Crippen molar-refractivity contribution < 1.29 is 29.1 Å². The lowest BCUT2D eigenvalue weighted by molar-refractivity contribution is -0.139. The van der Waals surface area contributed by atoms with Crippen molar-refractivity contribution in [3.05, 3.63) is 12.2 Å². The highest BCUT2D eigenvalue weighted by Gasteiger charge is 2.30. The number of rotatable bonds is 7. The summed E-state index contributed by atoms with van der Waals surface area (Å²) < 4.78 is 0. The van der Waals surface area contributed by atoms with Crippen molar-refractivity contribution in [3.8, 4) is 0 Å². The summed E-state index contributed by atoms with van der Waals surface area (Å²) in [5, 5.41) is 13.1. The van der Waals surface area contributed by atoms with Crippen LogP contribution in [0.15, 0.2) is 12.2 Å². The summed E-state index contributed by atoms with van der Waals surface area (Å²) >= 11 is 0. The van der Waals surface area contributed by atoms with Gasteiger partial charge in [-0.1, -0.05) is 0 Å². The summed E-state index contributed by atoms with van der Waals surface area (Å²) in [6.07, 6.45) is 2.07. The minimum atomic E-state index is -1.32. The number of carbonyl (C=O) groups is 5. The number of carboxylic acid groups (broad SMARTS) is 1. The lowest BCUT2D eigenvalue weighted by Crippen LogP contribution is -2.55. The maximum absolute atomic E-state index is 11.8. The number of hydrogen-bond acceptors (Lipinski definition) is 5. The van der Waals surface area contributed by atoms with Crippen LogP contribution in [0.5, 0.6) is 0 Å². The Balaban J connectivity index is 2.46. The summed E-state index contributed by atoms with van der Waals surface area (Å²) in [5.74, 6) is -3.37. The van der Waals surface area contributed by atoms with Crippen molar-refractivity contribution in [3.63, 3.8) is 0 Å². The normalized spacial score (nSPS) is 14.2. The first-order valence-corrected chi connectivity index (χ1v) is 6.48. The summed E-state index contributed by atoms with van der Waals surface area (Å²) in [4.78, 5) is 57.5. The van der Waals surface area contributed by atoms with Gasteiger partial charge in [0.05, 0.1) is 0 Å². The Morgan fingerprint density at radius 2 is 1.73 bits per heavy atom. The van der Waals surface area contributed by atoms with Crippen LogP contribution in [0.2, 0.25) is 0 Å². The largest absolute Gasteiger partial charge is 0.480 e. The maximum atomic E-state index is 11.8. The second-order valence-electron chi connectivity index (χ2n) is 5.16. The molecule has 9 heteroatoms. The molecule has 22 heavy (non-hydrogen) atoms. The van der Waals surface area contributed by atoms with E-state index in [2.05, 4.69) is 10.6 Å². The van der Waals surface area contributed by atoms with Gasteiger partial charge in [0.2, 0.25) is 11.8 Å². The van der Waals surface area contributed by atoms with Crippen LogP contribution in [0, 0.1) is 0 Å². The van der Waals surface area contributed by atoms with Gasteiger partial charge < -0.3 is 15.7 Å². The number of nitrogens with zero attached hydrogens (tertiary/aromatic N) is 1. The minimum Gasteiger partial charge on any atom is -0.480 e. The zero-order chi connectivity index (χ0) is 16.9. The fourth-order valence-corrected chi connectivity index (χ4v) is 1.71. The Hall–Kier alpha value is -2.71. The molecule has 0 aliphatic carbocycles. The average Bonchev–Trinajstić information content (AvgIpc) is 2.72. The molecule has 0 aromatic heterocycles. The molecule has 0 radical (unpaired) electrons. The second kappa shape index (κ2) is 6.83. The van der Waals surface area contributed by atoms with Crippen LogP contribution in [0.4, 0.5) is 0 Å². The molecule has 4 amide bonds. The lowest BCUT2D eigenvalue weighted by atomic mass is 10.0. The van der Waals surface area contributed by atoms with Gasteiger partial charge >= 0.3 is 5.97 Å². The second-order valence-corrected chi connectivity index (χ2v) is 5.16. The van der Waals surface area contributed by atoms with Crippen molar-refractivity contribution >= 4 is 29.6 Å². The van der Waals surface area contributed by atoms with Gasteiger partial charge in [0.1, 0.15) is 12.1 Å². The smallest absolute Gasteiger partial charge is 0.322 e. The summed E-state index contributed by atoms with van der Waals surface area (Å²) in [6, 6.07) is 0. The van der Waals surface area contributed by atoms with Crippen molar-refractivity contribution in [2.45, 2.75) is 25.8 Å². The molecule has 0 unspecified atom stereocenters. The molecule has 1 rings (SSSR count). The average molecular weight is 311 g/mol. The summed E-state index contributed by atoms with van der Waals surface area (Å²) in [5.41, 5.74) is -1.32. The number of aliphatic carboxylic acids is 1. The van der Waals surface area contributed by atoms with Crippen LogP contribution in [-0.4, -0.2) is 58.2 Å². The van der Waals surface area contributed by atoms with Gasteiger partial charge in [0.25, 0.3) is 11.8 Å². The number of imide groups is 1. The van der Waals surface area contributed by atoms with Gasteiger partial charge in [-0.2, -0.15) is 0 Å². The van der Waals surface area contributed by atoms with E-state index in [1.54, 1.807) is 0 Å². The third kappa shape index (κ3) is 4.69. The molecule has 1 aliphatic heterocycles. The van der Waals surface area contributed by atoms with Crippen LogP contribution in [-0.2, 0) is 24.0 Å². The first-order chi connectivity index (χ1) is 10.1. The number of hydrogen-bond donors (Lipinski definition) is 3. The Bertz CT molecular complexity index is 534. The highest BCUT2D eigenvalue weighted by molar-refractivity contribution is 6.13. The number of carboxylic acids is 1. The summed E-state index contributed by atoms with van der Waals surface area (Å²) in [7, 11) is 0. The van der Waals surface area contributed by atoms with E-state index in [1.807, 2.05) is 0 Å². The van der Waals surface area contributed by atoms with Crippen LogP contribution in [0.1, 0.15) is 20.3 Å². The molecule has 1 aliphatic rings. The van der Waals surface area contributed by atoms with E-state index < -0.39 is 41.7 Å². The predicted molar refractivity (Wildman–Crippen MR) is 73.3 cm³/mol. The number of carbonyl (C=O) groups excluding carboxylic acids is 4. The molecule has 120 valence electrons. The summed E-state index contributed by atoms with van der Waals surface area (Å²) in [6.45, 7) is 2.18. The topological polar surface area (TPSA) is 133 Å². The van der Waals surface area contributed by atoms with Gasteiger partial charge in [-0.15, -0.1) is 0 Å². The number of amides is 4. The third-order valence-corrected chi connectivity index (χ3v) is 2.88. The first kappa shape index (κ1) is 17.3. The van der Waals surface area contributed by atoms with Gasteiger partial charge in [0, 0.05) is 25.1 Å².